The van der Waals surface area contributed by atoms with Crippen LogP contribution in [0, 0.1) is 6.92 Å². The topological polar surface area (TPSA) is 68.7 Å². The van der Waals surface area contributed by atoms with E-state index in [1.165, 1.54) is 7.11 Å². The first kappa shape index (κ1) is 14.5. The molecule has 0 fully saturated rings. The highest BCUT2D eigenvalue weighted by molar-refractivity contribution is 7.10. The van der Waals surface area contributed by atoms with E-state index in [0.29, 0.717) is 6.61 Å². The zero-order valence-electron chi connectivity index (χ0n) is 11.5. The summed E-state index contributed by atoms with van der Waals surface area (Å²) in [7, 11) is 3.05. The van der Waals surface area contributed by atoms with Gasteiger partial charge in [0.1, 0.15) is 5.56 Å². The minimum absolute atomic E-state index is 0.0626. The molecule has 0 spiro atoms. The lowest BCUT2D eigenvalue weighted by Gasteiger charge is -2.09. The number of ether oxygens (including phenoxy) is 2. The van der Waals surface area contributed by atoms with Gasteiger partial charge in [-0.2, -0.15) is 0 Å². The lowest BCUT2D eigenvalue weighted by atomic mass is 10.0. The van der Waals surface area contributed by atoms with Gasteiger partial charge < -0.3 is 14.6 Å². The van der Waals surface area contributed by atoms with Gasteiger partial charge in [0, 0.05) is 23.2 Å². The van der Waals surface area contributed by atoms with Crippen LogP contribution in [0.4, 0.5) is 0 Å². The van der Waals surface area contributed by atoms with Crippen molar-refractivity contribution in [2.75, 3.05) is 14.2 Å². The van der Waals surface area contributed by atoms with Crippen molar-refractivity contribution in [1.29, 1.82) is 0 Å². The number of nitrogens with zero attached hydrogens (tertiary/aromatic N) is 1. The predicted octanol–water partition coefficient (Wildman–Crippen LogP) is 2.97. The van der Waals surface area contributed by atoms with Gasteiger partial charge >= 0.3 is 5.97 Å². The Hall–Kier alpha value is -1.92. The lowest BCUT2D eigenvalue weighted by Crippen LogP contribution is -2.04. The summed E-state index contributed by atoms with van der Waals surface area (Å²) < 4.78 is 10.1. The maximum absolute atomic E-state index is 11.2. The molecule has 20 heavy (non-hydrogen) atoms. The lowest BCUT2D eigenvalue weighted by molar-refractivity contribution is 0.0692. The van der Waals surface area contributed by atoms with Crippen molar-refractivity contribution >= 4 is 17.3 Å². The van der Waals surface area contributed by atoms with Crippen molar-refractivity contribution in [3.63, 3.8) is 0 Å². The third kappa shape index (κ3) is 2.81. The molecule has 0 atom stereocenters. The van der Waals surface area contributed by atoms with Crippen LogP contribution in [0.3, 0.4) is 0 Å². The van der Waals surface area contributed by atoms with Crippen molar-refractivity contribution in [2.45, 2.75) is 13.5 Å². The van der Waals surface area contributed by atoms with Crippen LogP contribution in [0.5, 0.6) is 5.88 Å². The monoisotopic (exact) mass is 293 g/mol. The molecule has 0 aromatic carbocycles. The van der Waals surface area contributed by atoms with Crippen molar-refractivity contribution in [3.05, 3.63) is 33.6 Å². The summed E-state index contributed by atoms with van der Waals surface area (Å²) in [6, 6.07) is 3.58. The molecule has 0 aliphatic rings. The number of carbonyl (C=O) groups is 1. The van der Waals surface area contributed by atoms with Crippen LogP contribution < -0.4 is 4.74 Å². The molecule has 106 valence electrons. The minimum Gasteiger partial charge on any atom is -0.480 e. The number of hydrogen-bond donors (Lipinski definition) is 1. The molecule has 0 radical (unpaired) electrons. The molecule has 1 N–H and O–H groups in total. The maximum Gasteiger partial charge on any atom is 0.341 e. The Morgan fingerprint density at radius 1 is 1.40 bits per heavy atom. The Bertz CT molecular complexity index is 636. The number of thiophene rings is 1. The zero-order valence-corrected chi connectivity index (χ0v) is 12.3. The third-order valence-electron chi connectivity index (χ3n) is 2.85. The maximum atomic E-state index is 11.2. The summed E-state index contributed by atoms with van der Waals surface area (Å²) in [4.78, 5) is 16.5. The van der Waals surface area contributed by atoms with E-state index in [4.69, 9.17) is 9.47 Å². The standard InChI is InChI=1S/C14H15NO4S/c1-8-11(9-4-10(6-18-2)20-7-9)5-12(14(16)17)13(15-8)19-3/h4-5,7H,6H2,1-3H3,(H,16,17). The number of hydrogen-bond acceptors (Lipinski definition) is 5. The van der Waals surface area contributed by atoms with Gasteiger partial charge in [0.15, 0.2) is 0 Å². The summed E-state index contributed by atoms with van der Waals surface area (Å²) in [6.07, 6.45) is 0. The van der Waals surface area contributed by atoms with Gasteiger partial charge in [-0.15, -0.1) is 11.3 Å². The van der Waals surface area contributed by atoms with Crippen molar-refractivity contribution in [2.24, 2.45) is 0 Å². The van der Waals surface area contributed by atoms with E-state index in [1.807, 2.05) is 18.4 Å². The Kier molecular flexibility index (Phi) is 4.36. The highest BCUT2D eigenvalue weighted by atomic mass is 32.1. The number of aromatic carboxylic acids is 1. The van der Waals surface area contributed by atoms with Gasteiger partial charge in [-0.05, 0) is 30.0 Å². The first-order chi connectivity index (χ1) is 9.56. The van der Waals surface area contributed by atoms with Gasteiger partial charge in [-0.3, -0.25) is 0 Å². The van der Waals surface area contributed by atoms with Gasteiger partial charge in [0.05, 0.1) is 13.7 Å². The second-order valence-electron chi connectivity index (χ2n) is 4.22. The molecule has 0 unspecified atom stereocenters. The highest BCUT2D eigenvalue weighted by Gasteiger charge is 2.17. The smallest absolute Gasteiger partial charge is 0.341 e. The van der Waals surface area contributed by atoms with Crippen LogP contribution in [0.1, 0.15) is 20.9 Å². The van der Waals surface area contributed by atoms with Crippen LogP contribution >= 0.6 is 11.3 Å². The number of methoxy groups -OCH3 is 2. The van der Waals surface area contributed by atoms with E-state index in [2.05, 4.69) is 4.98 Å². The Morgan fingerprint density at radius 2 is 2.15 bits per heavy atom. The molecule has 0 aliphatic heterocycles. The largest absolute Gasteiger partial charge is 0.480 e. The Balaban J connectivity index is 2.49. The minimum atomic E-state index is -1.05. The van der Waals surface area contributed by atoms with E-state index < -0.39 is 5.97 Å². The predicted molar refractivity (Wildman–Crippen MR) is 76.5 cm³/mol. The van der Waals surface area contributed by atoms with Gasteiger partial charge in [0.25, 0.3) is 0 Å². The molecule has 2 aromatic heterocycles. The van der Waals surface area contributed by atoms with E-state index in [-0.39, 0.29) is 11.4 Å². The second kappa shape index (κ2) is 6.02. The van der Waals surface area contributed by atoms with Crippen LogP contribution in [0.25, 0.3) is 11.1 Å². The third-order valence-corrected chi connectivity index (χ3v) is 3.76. The van der Waals surface area contributed by atoms with E-state index in [9.17, 15) is 9.90 Å². The SMILES string of the molecule is COCc1cc(-c2cc(C(=O)O)c(OC)nc2C)cs1. The molecular weight excluding hydrogens is 278 g/mol. The van der Waals surface area contributed by atoms with Gasteiger partial charge in [-0.1, -0.05) is 0 Å². The average Bonchev–Trinajstić information content (AvgIpc) is 2.86. The molecule has 6 heteroatoms. The fourth-order valence-corrected chi connectivity index (χ4v) is 2.78. The first-order valence-corrected chi connectivity index (χ1v) is 6.80. The number of pyridine rings is 1. The number of aromatic nitrogens is 1. The number of carboxylic acids is 1. The molecule has 2 aromatic rings. The van der Waals surface area contributed by atoms with Crippen molar-refractivity contribution in [3.8, 4) is 17.0 Å². The second-order valence-corrected chi connectivity index (χ2v) is 5.21. The van der Waals surface area contributed by atoms with E-state index in [1.54, 1.807) is 24.5 Å². The molecule has 0 aliphatic carbocycles. The van der Waals surface area contributed by atoms with Crippen molar-refractivity contribution < 1.29 is 19.4 Å². The molecule has 0 amide bonds. The molecule has 5 nitrogen and oxygen atoms in total. The van der Waals surface area contributed by atoms with E-state index in [0.717, 1.165) is 21.7 Å². The van der Waals surface area contributed by atoms with Gasteiger partial charge in [-0.25, -0.2) is 9.78 Å². The Morgan fingerprint density at radius 3 is 2.75 bits per heavy atom. The highest BCUT2D eigenvalue weighted by Crippen LogP contribution is 2.31. The summed E-state index contributed by atoms with van der Waals surface area (Å²) in [6.45, 7) is 2.37. The molecule has 0 saturated heterocycles. The van der Waals surface area contributed by atoms with Crippen LogP contribution in [-0.4, -0.2) is 30.3 Å². The first-order valence-electron chi connectivity index (χ1n) is 5.92. The fourth-order valence-electron chi connectivity index (χ4n) is 1.92. The van der Waals surface area contributed by atoms with Crippen LogP contribution in [-0.2, 0) is 11.3 Å². The van der Waals surface area contributed by atoms with Crippen molar-refractivity contribution in [1.82, 2.24) is 4.98 Å². The molecule has 2 heterocycles. The fraction of sp³-hybridized carbons (Fsp3) is 0.286. The normalized spacial score (nSPS) is 10.6. The van der Waals surface area contributed by atoms with Crippen LogP contribution in [0.15, 0.2) is 17.5 Å². The molecule has 2 rings (SSSR count). The zero-order chi connectivity index (χ0) is 14.7. The summed E-state index contributed by atoms with van der Waals surface area (Å²) in [5.41, 5.74) is 2.53. The summed E-state index contributed by atoms with van der Waals surface area (Å²) in [5, 5.41) is 11.2. The van der Waals surface area contributed by atoms with Crippen LogP contribution in [0.2, 0.25) is 0 Å². The van der Waals surface area contributed by atoms with Gasteiger partial charge in [0.2, 0.25) is 5.88 Å². The Labute approximate surface area is 120 Å². The average molecular weight is 293 g/mol. The molecule has 0 bridgehead atoms. The summed E-state index contributed by atoms with van der Waals surface area (Å²) >= 11 is 1.57. The molecule has 0 saturated carbocycles. The number of carboxylic acid groups (broad SMARTS) is 1. The molecular formula is C14H15NO4S. The van der Waals surface area contributed by atoms with E-state index >= 15 is 0 Å². The quantitative estimate of drug-likeness (QED) is 0.917. The number of rotatable bonds is 5. The number of aryl methyl sites for hydroxylation is 1. The summed E-state index contributed by atoms with van der Waals surface area (Å²) in [5.74, 6) is -0.922.